The molecule has 0 spiro atoms. The van der Waals surface area contributed by atoms with E-state index in [9.17, 15) is 9.90 Å². The van der Waals surface area contributed by atoms with Crippen molar-refractivity contribution in [2.45, 2.75) is 12.6 Å². The van der Waals surface area contributed by atoms with E-state index >= 15 is 0 Å². The Morgan fingerprint density at radius 1 is 1.00 bits per heavy atom. The fourth-order valence-corrected chi connectivity index (χ4v) is 4.04. The third-order valence-corrected chi connectivity index (χ3v) is 5.76. The Bertz CT molecular complexity index is 1020. The fourth-order valence-electron chi connectivity index (χ4n) is 4.04. The number of rotatable bonds is 7. The van der Waals surface area contributed by atoms with Gasteiger partial charge in [-0.25, -0.2) is 0 Å². The Labute approximate surface area is 177 Å². The van der Waals surface area contributed by atoms with Crippen molar-refractivity contribution in [1.29, 1.82) is 0 Å². The van der Waals surface area contributed by atoms with Crippen LogP contribution >= 0.6 is 0 Å². The summed E-state index contributed by atoms with van der Waals surface area (Å²) in [4.78, 5) is 17.1. The Hall–Kier alpha value is -2.73. The normalized spacial score (nSPS) is 17.0. The van der Waals surface area contributed by atoms with Crippen LogP contribution in [-0.2, 0) is 6.54 Å². The number of aromatic nitrogens is 1. The molecule has 1 fully saturated rings. The van der Waals surface area contributed by atoms with Gasteiger partial charge in [0.25, 0.3) is 0 Å². The molecule has 1 N–H and O–H groups in total. The molecule has 1 atom stereocenters. The maximum atomic E-state index is 12.4. The topological polar surface area (TPSA) is 48.7 Å². The smallest absolute Gasteiger partial charge is 0.185 e. The van der Waals surface area contributed by atoms with E-state index < -0.39 is 6.10 Å². The number of carbonyl (C=O) groups is 1. The van der Waals surface area contributed by atoms with Gasteiger partial charge in [-0.2, -0.15) is 0 Å². The van der Waals surface area contributed by atoms with Crippen LogP contribution in [0.15, 0.2) is 66.9 Å². The van der Waals surface area contributed by atoms with E-state index in [0.29, 0.717) is 18.7 Å². The molecule has 0 aliphatic carbocycles. The number of para-hydroxylation sites is 1. The summed E-state index contributed by atoms with van der Waals surface area (Å²) in [5, 5.41) is 11.8. The molecule has 1 unspecified atom stereocenters. The van der Waals surface area contributed by atoms with Crippen LogP contribution < -0.4 is 0 Å². The maximum Gasteiger partial charge on any atom is 0.185 e. The molecule has 2 heterocycles. The standard InChI is InChI=1S/C25H29N3O2/c1-26-13-15-27(16-14-26)18-22(29)19-28-17-21(23-9-5-6-10-24(23)28)11-12-25(30)20-7-3-2-4-8-20/h2-12,17,22,29H,13-16,18-19H2,1H3. The molecule has 1 aliphatic heterocycles. The van der Waals surface area contributed by atoms with Crippen molar-refractivity contribution in [1.82, 2.24) is 14.4 Å². The summed E-state index contributed by atoms with van der Waals surface area (Å²) in [6.45, 7) is 5.30. The van der Waals surface area contributed by atoms with Gasteiger partial charge < -0.3 is 14.6 Å². The van der Waals surface area contributed by atoms with E-state index in [4.69, 9.17) is 0 Å². The second-order valence-electron chi connectivity index (χ2n) is 8.08. The number of aliphatic hydroxyl groups excluding tert-OH is 1. The van der Waals surface area contributed by atoms with Gasteiger partial charge in [-0.05, 0) is 25.3 Å². The maximum absolute atomic E-state index is 12.4. The molecule has 4 rings (SSSR count). The van der Waals surface area contributed by atoms with Crippen molar-refractivity contribution in [3.8, 4) is 0 Å². The van der Waals surface area contributed by atoms with Gasteiger partial charge >= 0.3 is 0 Å². The molecule has 0 saturated carbocycles. The summed E-state index contributed by atoms with van der Waals surface area (Å²) in [7, 11) is 2.14. The lowest BCUT2D eigenvalue weighted by molar-refractivity contribution is 0.0717. The van der Waals surface area contributed by atoms with Crippen molar-refractivity contribution in [3.05, 3.63) is 78.0 Å². The van der Waals surface area contributed by atoms with Crippen molar-refractivity contribution in [2.75, 3.05) is 39.8 Å². The lowest BCUT2D eigenvalue weighted by Gasteiger charge is -2.33. The summed E-state index contributed by atoms with van der Waals surface area (Å²) < 4.78 is 2.10. The third-order valence-electron chi connectivity index (χ3n) is 5.76. The summed E-state index contributed by atoms with van der Waals surface area (Å²) >= 11 is 0. The molecular formula is C25H29N3O2. The second-order valence-corrected chi connectivity index (χ2v) is 8.08. The quantitative estimate of drug-likeness (QED) is 0.486. The van der Waals surface area contributed by atoms with Gasteiger partial charge in [0.2, 0.25) is 0 Å². The van der Waals surface area contributed by atoms with E-state index in [1.165, 1.54) is 0 Å². The van der Waals surface area contributed by atoms with Gasteiger partial charge in [0.15, 0.2) is 5.78 Å². The van der Waals surface area contributed by atoms with Crippen molar-refractivity contribution >= 4 is 22.8 Å². The lowest BCUT2D eigenvalue weighted by Crippen LogP contribution is -2.47. The summed E-state index contributed by atoms with van der Waals surface area (Å²) in [5.74, 6) is -0.0115. The van der Waals surface area contributed by atoms with Crippen LogP contribution in [0, 0.1) is 0 Å². The number of likely N-dealkylation sites (N-methyl/N-ethyl adjacent to an activating group) is 1. The van der Waals surface area contributed by atoms with Crippen molar-refractivity contribution in [2.24, 2.45) is 0 Å². The van der Waals surface area contributed by atoms with Crippen LogP contribution in [0.2, 0.25) is 0 Å². The first-order chi connectivity index (χ1) is 14.6. The molecule has 156 valence electrons. The zero-order chi connectivity index (χ0) is 20.9. The highest BCUT2D eigenvalue weighted by molar-refractivity contribution is 6.07. The van der Waals surface area contributed by atoms with Crippen molar-refractivity contribution < 1.29 is 9.90 Å². The summed E-state index contributed by atoms with van der Waals surface area (Å²) in [6, 6.07) is 17.4. The van der Waals surface area contributed by atoms with Crippen LogP contribution in [0.1, 0.15) is 15.9 Å². The van der Waals surface area contributed by atoms with Gasteiger partial charge in [-0.3, -0.25) is 9.69 Å². The number of ketones is 1. The van der Waals surface area contributed by atoms with Gasteiger partial charge in [-0.1, -0.05) is 48.5 Å². The molecule has 2 aromatic carbocycles. The number of hydrogen-bond acceptors (Lipinski definition) is 4. The van der Waals surface area contributed by atoms with Gasteiger partial charge in [0.05, 0.1) is 6.10 Å². The van der Waals surface area contributed by atoms with Gasteiger partial charge in [0, 0.05) is 67.5 Å². The monoisotopic (exact) mass is 403 g/mol. The van der Waals surface area contributed by atoms with Crippen LogP contribution in [0.25, 0.3) is 17.0 Å². The molecule has 0 amide bonds. The Morgan fingerprint density at radius 2 is 1.70 bits per heavy atom. The number of fused-ring (bicyclic) bond motifs is 1. The van der Waals surface area contributed by atoms with Crippen molar-refractivity contribution in [3.63, 3.8) is 0 Å². The molecule has 3 aromatic rings. The fraction of sp³-hybridized carbons (Fsp3) is 0.320. The number of carbonyl (C=O) groups excluding carboxylic acids is 1. The molecule has 30 heavy (non-hydrogen) atoms. The minimum Gasteiger partial charge on any atom is -0.390 e. The number of allylic oxidation sites excluding steroid dienone is 1. The van der Waals surface area contributed by atoms with E-state index in [0.717, 1.165) is 42.6 Å². The number of β-amino-alcohol motifs (C(OH)–C–C–N with tert-alkyl or cyclic N) is 1. The SMILES string of the molecule is CN1CCN(CC(O)Cn2cc(C=CC(=O)c3ccccc3)c3ccccc32)CC1. The molecular weight excluding hydrogens is 374 g/mol. The minimum absolute atomic E-state index is 0.0115. The highest BCUT2D eigenvalue weighted by Crippen LogP contribution is 2.23. The second kappa shape index (κ2) is 9.39. The molecule has 5 nitrogen and oxygen atoms in total. The van der Waals surface area contributed by atoms with E-state index in [-0.39, 0.29) is 5.78 Å². The number of nitrogens with zero attached hydrogens (tertiary/aromatic N) is 3. The third kappa shape index (κ3) is 4.87. The van der Waals surface area contributed by atoms with Crippen LogP contribution in [0.3, 0.4) is 0 Å². The molecule has 0 bridgehead atoms. The van der Waals surface area contributed by atoms with Crippen LogP contribution in [0.5, 0.6) is 0 Å². The van der Waals surface area contributed by atoms with E-state index in [1.807, 2.05) is 54.7 Å². The minimum atomic E-state index is -0.438. The van der Waals surface area contributed by atoms with E-state index in [2.05, 4.69) is 33.5 Å². The first kappa shape index (κ1) is 20.5. The predicted molar refractivity (Wildman–Crippen MR) is 122 cm³/mol. The molecule has 1 aromatic heterocycles. The van der Waals surface area contributed by atoms with Crippen LogP contribution in [0.4, 0.5) is 0 Å². The Kier molecular flexibility index (Phi) is 6.43. The average molecular weight is 404 g/mol. The van der Waals surface area contributed by atoms with Gasteiger partial charge in [0.1, 0.15) is 0 Å². The lowest BCUT2D eigenvalue weighted by atomic mass is 10.1. The largest absolute Gasteiger partial charge is 0.390 e. The predicted octanol–water partition coefficient (Wildman–Crippen LogP) is 3.15. The number of piperazine rings is 1. The average Bonchev–Trinajstić information content (AvgIpc) is 3.11. The molecule has 0 radical (unpaired) electrons. The van der Waals surface area contributed by atoms with Gasteiger partial charge in [-0.15, -0.1) is 0 Å². The first-order valence-electron chi connectivity index (χ1n) is 10.5. The Morgan fingerprint density at radius 3 is 2.47 bits per heavy atom. The number of hydrogen-bond donors (Lipinski definition) is 1. The summed E-state index contributed by atoms with van der Waals surface area (Å²) in [6.07, 6.45) is 5.10. The Balaban J connectivity index is 1.49. The molecule has 5 heteroatoms. The highest BCUT2D eigenvalue weighted by atomic mass is 16.3. The zero-order valence-electron chi connectivity index (χ0n) is 17.4. The van der Waals surface area contributed by atoms with Crippen LogP contribution in [-0.4, -0.2) is 71.1 Å². The molecule has 1 aliphatic rings. The number of aliphatic hydroxyl groups is 1. The molecule has 1 saturated heterocycles. The first-order valence-corrected chi connectivity index (χ1v) is 10.5. The summed E-state index contributed by atoms with van der Waals surface area (Å²) in [5.41, 5.74) is 2.74. The van der Waals surface area contributed by atoms with E-state index in [1.54, 1.807) is 6.08 Å². The zero-order valence-corrected chi connectivity index (χ0v) is 17.4. The number of benzene rings is 2. The highest BCUT2D eigenvalue weighted by Gasteiger charge is 2.18.